The molecule has 0 aliphatic heterocycles. The number of hydrogen-bond acceptors (Lipinski definition) is 1. The van der Waals surface area contributed by atoms with Crippen LogP contribution in [0.15, 0.2) is 34.9 Å². The topological polar surface area (TPSA) is 42.2 Å². The van der Waals surface area contributed by atoms with Crippen LogP contribution < -0.4 is 0 Å². The summed E-state index contributed by atoms with van der Waals surface area (Å²) in [6.45, 7) is 0. The highest BCUT2D eigenvalue weighted by Gasteiger charge is 2.15. The highest BCUT2D eigenvalue weighted by Crippen LogP contribution is 2.35. The fourth-order valence-electron chi connectivity index (χ4n) is 1.47. The molecule has 2 rings (SSSR count). The summed E-state index contributed by atoms with van der Waals surface area (Å²) in [6, 6.07) is 6.55. The number of hydrogen-bond donors (Lipinski definition) is 1. The fourth-order valence-corrected chi connectivity index (χ4v) is 2.33. The number of nitrogens with zero attached hydrogens (tertiary/aromatic N) is 1. The largest absolute Gasteiger partial charge is 0.477 e. The van der Waals surface area contributed by atoms with Crippen LogP contribution in [-0.4, -0.2) is 15.6 Å². The first-order valence-corrected chi connectivity index (χ1v) is 6.12. The van der Waals surface area contributed by atoms with Crippen LogP contribution in [0.5, 0.6) is 0 Å². The van der Waals surface area contributed by atoms with Crippen LogP contribution in [0.3, 0.4) is 0 Å². The summed E-state index contributed by atoms with van der Waals surface area (Å²) >= 11 is 15.3. The van der Waals surface area contributed by atoms with Gasteiger partial charge in [-0.2, -0.15) is 0 Å². The molecule has 0 saturated heterocycles. The minimum atomic E-state index is -1.02. The Morgan fingerprint density at radius 2 is 1.94 bits per heavy atom. The summed E-state index contributed by atoms with van der Waals surface area (Å²) in [7, 11) is 0. The Morgan fingerprint density at radius 1 is 1.24 bits per heavy atom. The fraction of sp³-hybridized carbons (Fsp3) is 0. The molecule has 1 aromatic carbocycles. The molecular formula is C11H6BrCl2NO2. The molecule has 1 N–H and O–H groups in total. The SMILES string of the molecule is O=C(O)c1cccn1-c1ccc(Br)c(Cl)c1Cl. The molecule has 0 saturated carbocycles. The van der Waals surface area contributed by atoms with Gasteiger partial charge in [-0.15, -0.1) is 0 Å². The molecule has 0 spiro atoms. The van der Waals surface area contributed by atoms with Gasteiger partial charge in [0.2, 0.25) is 0 Å². The van der Waals surface area contributed by atoms with Gasteiger partial charge in [-0.05, 0) is 40.2 Å². The van der Waals surface area contributed by atoms with Gasteiger partial charge < -0.3 is 9.67 Å². The molecule has 88 valence electrons. The van der Waals surface area contributed by atoms with E-state index in [1.807, 2.05) is 0 Å². The summed E-state index contributed by atoms with van der Waals surface area (Å²) in [5.74, 6) is -1.02. The molecule has 1 aromatic heterocycles. The Labute approximate surface area is 116 Å². The highest BCUT2D eigenvalue weighted by molar-refractivity contribution is 9.10. The number of rotatable bonds is 2. The Bertz CT molecular complexity index is 595. The molecule has 0 unspecified atom stereocenters. The van der Waals surface area contributed by atoms with E-state index in [2.05, 4.69) is 15.9 Å². The average molecular weight is 335 g/mol. The van der Waals surface area contributed by atoms with Crippen molar-refractivity contribution in [2.45, 2.75) is 0 Å². The minimum absolute atomic E-state index is 0.130. The molecular weight excluding hydrogens is 329 g/mol. The van der Waals surface area contributed by atoms with Crippen LogP contribution in [0, 0.1) is 0 Å². The molecule has 0 atom stereocenters. The number of aromatic carboxylic acids is 1. The molecule has 0 aliphatic carbocycles. The molecule has 0 radical (unpaired) electrons. The summed E-state index contributed by atoms with van der Waals surface area (Å²) < 4.78 is 2.14. The Morgan fingerprint density at radius 3 is 2.59 bits per heavy atom. The van der Waals surface area contributed by atoms with Gasteiger partial charge in [-0.1, -0.05) is 23.2 Å². The van der Waals surface area contributed by atoms with Gasteiger partial charge in [0.25, 0.3) is 0 Å². The van der Waals surface area contributed by atoms with Gasteiger partial charge in [-0.25, -0.2) is 4.79 Å². The summed E-state index contributed by atoms with van der Waals surface area (Å²) in [5, 5.41) is 9.69. The second-order valence-electron chi connectivity index (χ2n) is 3.26. The normalized spacial score (nSPS) is 10.5. The van der Waals surface area contributed by atoms with Crippen LogP contribution in [0.1, 0.15) is 10.5 Å². The monoisotopic (exact) mass is 333 g/mol. The molecule has 2 aromatic rings. The third kappa shape index (κ3) is 2.20. The quantitative estimate of drug-likeness (QED) is 0.834. The lowest BCUT2D eigenvalue weighted by atomic mass is 10.3. The van der Waals surface area contributed by atoms with Gasteiger partial charge in [0.05, 0.1) is 15.7 Å². The van der Waals surface area contributed by atoms with Crippen LogP contribution in [0.2, 0.25) is 10.0 Å². The van der Waals surface area contributed by atoms with Gasteiger partial charge in [0.1, 0.15) is 5.69 Å². The summed E-state index contributed by atoms with van der Waals surface area (Å²) in [5.41, 5.74) is 0.660. The van der Waals surface area contributed by atoms with Crippen LogP contribution in [0.4, 0.5) is 0 Å². The lowest BCUT2D eigenvalue weighted by Crippen LogP contribution is -2.06. The number of benzene rings is 1. The first-order chi connectivity index (χ1) is 8.02. The molecule has 1 heterocycles. The third-order valence-electron chi connectivity index (χ3n) is 2.24. The maximum atomic E-state index is 11.0. The highest BCUT2D eigenvalue weighted by atomic mass is 79.9. The molecule has 0 aliphatic rings. The van der Waals surface area contributed by atoms with E-state index in [4.69, 9.17) is 28.3 Å². The Hall–Kier alpha value is -0.970. The van der Waals surface area contributed by atoms with E-state index >= 15 is 0 Å². The summed E-state index contributed by atoms with van der Waals surface area (Å²) in [4.78, 5) is 11.0. The van der Waals surface area contributed by atoms with E-state index in [9.17, 15) is 4.79 Å². The maximum absolute atomic E-state index is 11.0. The van der Waals surface area contributed by atoms with E-state index in [-0.39, 0.29) is 5.69 Å². The van der Waals surface area contributed by atoms with Crippen molar-refractivity contribution in [2.24, 2.45) is 0 Å². The predicted molar refractivity (Wildman–Crippen MR) is 70.4 cm³/mol. The second kappa shape index (κ2) is 4.72. The predicted octanol–water partition coefficient (Wildman–Crippen LogP) is 4.24. The lowest BCUT2D eigenvalue weighted by Gasteiger charge is -2.10. The third-order valence-corrected chi connectivity index (χ3v) is 4.00. The van der Waals surface area contributed by atoms with Gasteiger partial charge in [0, 0.05) is 10.7 Å². The van der Waals surface area contributed by atoms with Crippen molar-refractivity contribution < 1.29 is 9.90 Å². The lowest BCUT2D eigenvalue weighted by molar-refractivity contribution is 0.0688. The zero-order chi connectivity index (χ0) is 12.6. The molecule has 0 bridgehead atoms. The van der Waals surface area contributed by atoms with Crippen LogP contribution >= 0.6 is 39.1 Å². The average Bonchev–Trinajstić information content (AvgIpc) is 2.75. The van der Waals surface area contributed by atoms with Crippen molar-refractivity contribution >= 4 is 45.1 Å². The van der Waals surface area contributed by atoms with Crippen molar-refractivity contribution in [3.63, 3.8) is 0 Å². The Balaban J connectivity index is 2.65. The molecule has 3 nitrogen and oxygen atoms in total. The van der Waals surface area contributed by atoms with E-state index in [0.717, 1.165) is 0 Å². The van der Waals surface area contributed by atoms with E-state index in [1.54, 1.807) is 24.4 Å². The number of carboxylic acid groups (broad SMARTS) is 1. The number of carboxylic acids is 1. The van der Waals surface area contributed by atoms with E-state index in [1.165, 1.54) is 10.6 Å². The molecule has 17 heavy (non-hydrogen) atoms. The second-order valence-corrected chi connectivity index (χ2v) is 4.87. The minimum Gasteiger partial charge on any atom is -0.477 e. The Kier molecular flexibility index (Phi) is 3.47. The van der Waals surface area contributed by atoms with Crippen LogP contribution in [0.25, 0.3) is 5.69 Å². The zero-order valence-corrected chi connectivity index (χ0v) is 11.4. The number of aromatic nitrogens is 1. The zero-order valence-electron chi connectivity index (χ0n) is 8.32. The van der Waals surface area contributed by atoms with Crippen molar-refractivity contribution in [3.8, 4) is 5.69 Å². The maximum Gasteiger partial charge on any atom is 0.352 e. The van der Waals surface area contributed by atoms with Gasteiger partial charge >= 0.3 is 5.97 Å². The van der Waals surface area contributed by atoms with Crippen molar-refractivity contribution in [1.82, 2.24) is 4.57 Å². The molecule has 0 amide bonds. The van der Waals surface area contributed by atoms with E-state index in [0.29, 0.717) is 20.2 Å². The smallest absolute Gasteiger partial charge is 0.352 e. The van der Waals surface area contributed by atoms with Crippen molar-refractivity contribution in [2.75, 3.05) is 0 Å². The first kappa shape index (κ1) is 12.5. The first-order valence-electron chi connectivity index (χ1n) is 4.57. The van der Waals surface area contributed by atoms with Crippen molar-refractivity contribution in [3.05, 3.63) is 50.7 Å². The molecule has 0 fully saturated rings. The standard InChI is InChI=1S/C11H6BrCl2NO2/c12-6-3-4-7(10(14)9(6)13)15-5-1-2-8(15)11(16)17/h1-5H,(H,16,17). The van der Waals surface area contributed by atoms with Gasteiger partial charge in [0.15, 0.2) is 0 Å². The summed E-state index contributed by atoms with van der Waals surface area (Å²) in [6.07, 6.45) is 1.62. The van der Waals surface area contributed by atoms with E-state index < -0.39 is 5.97 Å². The van der Waals surface area contributed by atoms with Crippen LogP contribution in [-0.2, 0) is 0 Å². The van der Waals surface area contributed by atoms with Crippen molar-refractivity contribution in [1.29, 1.82) is 0 Å². The van der Waals surface area contributed by atoms with Gasteiger partial charge in [-0.3, -0.25) is 0 Å². The number of carbonyl (C=O) groups is 1. The molecule has 6 heteroatoms. The number of halogens is 3.